The second-order valence-corrected chi connectivity index (χ2v) is 6.52. The first-order chi connectivity index (χ1) is 9.14. The maximum absolute atomic E-state index is 2.39. The third kappa shape index (κ3) is 2.00. The highest BCUT2D eigenvalue weighted by Crippen LogP contribution is 2.53. The van der Waals surface area contributed by atoms with E-state index in [0.717, 1.165) is 0 Å². The maximum atomic E-state index is 2.39. The van der Waals surface area contributed by atoms with Crippen molar-refractivity contribution in [1.29, 1.82) is 0 Å². The zero-order valence-corrected chi connectivity index (χ0v) is 12.5. The molecule has 0 unspecified atom stereocenters. The Kier molecular flexibility index (Phi) is 3.16. The number of benzene rings is 1. The van der Waals surface area contributed by atoms with Gasteiger partial charge in [0.1, 0.15) is 0 Å². The smallest absolute Gasteiger partial charge is 0.0135 e. The molecule has 19 heavy (non-hydrogen) atoms. The lowest BCUT2D eigenvalue weighted by molar-refractivity contribution is 0.306. The Bertz CT molecular complexity index is 504. The van der Waals surface area contributed by atoms with Crippen molar-refractivity contribution in [2.24, 2.45) is 0 Å². The van der Waals surface area contributed by atoms with Crippen molar-refractivity contribution in [3.8, 4) is 0 Å². The van der Waals surface area contributed by atoms with Crippen molar-refractivity contribution in [3.05, 3.63) is 41.1 Å². The van der Waals surface area contributed by atoms with Crippen LogP contribution in [0.1, 0.15) is 56.6 Å². The Morgan fingerprint density at radius 2 is 1.74 bits per heavy atom. The maximum Gasteiger partial charge on any atom is 0.0135 e. The number of nitrogens with zero attached hydrogens (tertiary/aromatic N) is 1. The molecule has 3 rings (SSSR count). The third-order valence-electron chi connectivity index (χ3n) is 5.26. The molecule has 1 saturated carbocycles. The second-order valence-electron chi connectivity index (χ2n) is 6.52. The minimum atomic E-state index is 0.460. The number of allylic oxidation sites excluding steroid dienone is 2. The van der Waals surface area contributed by atoms with E-state index in [9.17, 15) is 0 Å². The summed E-state index contributed by atoms with van der Waals surface area (Å²) in [5, 5.41) is 0. The van der Waals surface area contributed by atoms with E-state index in [2.05, 4.69) is 50.2 Å². The van der Waals surface area contributed by atoms with Crippen LogP contribution in [0.3, 0.4) is 0 Å². The molecule has 1 aromatic rings. The van der Waals surface area contributed by atoms with Gasteiger partial charge in [0.25, 0.3) is 0 Å². The molecule has 1 spiro atoms. The van der Waals surface area contributed by atoms with Gasteiger partial charge in [-0.05, 0) is 42.9 Å². The third-order valence-corrected chi connectivity index (χ3v) is 5.26. The summed E-state index contributed by atoms with van der Waals surface area (Å²) in [6.45, 7) is 2.27. The quantitative estimate of drug-likeness (QED) is 0.709. The molecule has 0 N–H and O–H groups in total. The van der Waals surface area contributed by atoms with Gasteiger partial charge in [0.2, 0.25) is 0 Å². The first-order valence-corrected chi connectivity index (χ1v) is 7.61. The van der Waals surface area contributed by atoms with Gasteiger partial charge in [-0.25, -0.2) is 0 Å². The van der Waals surface area contributed by atoms with Crippen molar-refractivity contribution in [2.45, 2.75) is 50.9 Å². The number of hydrogen-bond acceptors (Lipinski definition) is 1. The Balaban J connectivity index is 2.12. The SMILES string of the molecule is C/C(=C1\CC2(CCCCC2)c2ccccc21)N(C)C. The van der Waals surface area contributed by atoms with Crippen LogP contribution >= 0.6 is 0 Å². The Labute approximate surface area is 117 Å². The lowest BCUT2D eigenvalue weighted by Gasteiger charge is -2.34. The van der Waals surface area contributed by atoms with Gasteiger partial charge in [0.05, 0.1) is 0 Å². The summed E-state index contributed by atoms with van der Waals surface area (Å²) >= 11 is 0. The minimum absolute atomic E-state index is 0.460. The molecule has 0 aromatic heterocycles. The van der Waals surface area contributed by atoms with E-state index in [-0.39, 0.29) is 0 Å². The van der Waals surface area contributed by atoms with Gasteiger partial charge in [-0.3, -0.25) is 0 Å². The van der Waals surface area contributed by atoms with Crippen LogP contribution in [0, 0.1) is 0 Å². The molecule has 0 radical (unpaired) electrons. The van der Waals surface area contributed by atoms with E-state index in [1.165, 1.54) is 49.8 Å². The summed E-state index contributed by atoms with van der Waals surface area (Å²) in [4.78, 5) is 2.27. The fourth-order valence-electron chi connectivity index (χ4n) is 4.00. The van der Waals surface area contributed by atoms with Gasteiger partial charge < -0.3 is 4.90 Å². The van der Waals surface area contributed by atoms with Crippen LogP contribution in [0.15, 0.2) is 30.0 Å². The normalized spacial score (nSPS) is 23.3. The Hall–Kier alpha value is -1.24. The van der Waals surface area contributed by atoms with E-state index in [1.54, 1.807) is 11.1 Å². The predicted molar refractivity (Wildman–Crippen MR) is 82.1 cm³/mol. The Morgan fingerprint density at radius 1 is 1.05 bits per heavy atom. The fourth-order valence-corrected chi connectivity index (χ4v) is 4.00. The number of hydrogen-bond donors (Lipinski definition) is 0. The van der Waals surface area contributed by atoms with Gasteiger partial charge >= 0.3 is 0 Å². The molecular weight excluding hydrogens is 230 g/mol. The van der Waals surface area contributed by atoms with Crippen LogP contribution in [0.5, 0.6) is 0 Å². The topological polar surface area (TPSA) is 3.24 Å². The van der Waals surface area contributed by atoms with E-state index in [1.807, 2.05) is 0 Å². The lowest BCUT2D eigenvalue weighted by atomic mass is 9.70. The first kappa shape index (κ1) is 12.8. The summed E-state index contributed by atoms with van der Waals surface area (Å²) in [5.41, 5.74) is 6.64. The summed E-state index contributed by atoms with van der Waals surface area (Å²) in [5.74, 6) is 0. The highest BCUT2D eigenvalue weighted by atomic mass is 15.1. The highest BCUT2D eigenvalue weighted by molar-refractivity contribution is 5.77. The van der Waals surface area contributed by atoms with Crippen molar-refractivity contribution in [2.75, 3.05) is 14.1 Å². The van der Waals surface area contributed by atoms with Crippen molar-refractivity contribution in [1.82, 2.24) is 4.90 Å². The summed E-state index contributed by atoms with van der Waals surface area (Å²) in [6, 6.07) is 9.14. The van der Waals surface area contributed by atoms with Crippen LogP contribution < -0.4 is 0 Å². The molecule has 0 amide bonds. The minimum Gasteiger partial charge on any atom is -0.381 e. The van der Waals surface area contributed by atoms with Crippen LogP contribution in [0.2, 0.25) is 0 Å². The highest BCUT2D eigenvalue weighted by Gasteiger charge is 2.42. The molecule has 0 atom stereocenters. The van der Waals surface area contributed by atoms with Crippen molar-refractivity contribution >= 4 is 5.57 Å². The summed E-state index contributed by atoms with van der Waals surface area (Å²) in [6.07, 6.45) is 8.26. The monoisotopic (exact) mass is 255 g/mol. The molecule has 0 heterocycles. The molecular formula is C18H25N. The predicted octanol–water partition coefficient (Wildman–Crippen LogP) is 4.58. The lowest BCUT2D eigenvalue weighted by Crippen LogP contribution is -2.26. The zero-order valence-electron chi connectivity index (χ0n) is 12.5. The first-order valence-electron chi connectivity index (χ1n) is 7.61. The molecule has 1 nitrogen and oxygen atoms in total. The molecule has 0 aliphatic heterocycles. The molecule has 0 saturated heterocycles. The van der Waals surface area contributed by atoms with E-state index in [4.69, 9.17) is 0 Å². The molecule has 1 aromatic carbocycles. The largest absolute Gasteiger partial charge is 0.381 e. The van der Waals surface area contributed by atoms with Crippen LogP contribution in [0.4, 0.5) is 0 Å². The molecule has 2 aliphatic rings. The molecule has 1 fully saturated rings. The van der Waals surface area contributed by atoms with Gasteiger partial charge in [0.15, 0.2) is 0 Å². The van der Waals surface area contributed by atoms with Gasteiger partial charge in [0, 0.05) is 25.2 Å². The summed E-state index contributed by atoms with van der Waals surface area (Å²) in [7, 11) is 4.33. The van der Waals surface area contributed by atoms with Crippen LogP contribution in [-0.2, 0) is 5.41 Å². The van der Waals surface area contributed by atoms with Crippen molar-refractivity contribution in [3.63, 3.8) is 0 Å². The van der Waals surface area contributed by atoms with Gasteiger partial charge in [-0.2, -0.15) is 0 Å². The zero-order chi connectivity index (χ0) is 13.5. The number of fused-ring (bicyclic) bond motifs is 2. The van der Waals surface area contributed by atoms with Gasteiger partial charge in [-0.1, -0.05) is 43.5 Å². The summed E-state index contributed by atoms with van der Waals surface area (Å²) < 4.78 is 0. The van der Waals surface area contributed by atoms with Crippen LogP contribution in [0.25, 0.3) is 5.57 Å². The molecule has 102 valence electrons. The van der Waals surface area contributed by atoms with Crippen LogP contribution in [-0.4, -0.2) is 19.0 Å². The molecule has 1 heteroatoms. The van der Waals surface area contributed by atoms with E-state index in [0.29, 0.717) is 5.41 Å². The fraction of sp³-hybridized carbons (Fsp3) is 0.556. The van der Waals surface area contributed by atoms with E-state index >= 15 is 0 Å². The molecule has 2 aliphatic carbocycles. The number of rotatable bonds is 1. The van der Waals surface area contributed by atoms with Gasteiger partial charge in [-0.15, -0.1) is 0 Å². The Morgan fingerprint density at radius 3 is 2.42 bits per heavy atom. The standard InChI is InChI=1S/C18H25N/c1-14(19(2)3)16-13-18(11-7-4-8-12-18)17-10-6-5-9-15(16)17/h5-6,9-10H,4,7-8,11-13H2,1-3H3/b16-14-. The molecule has 0 bridgehead atoms. The average molecular weight is 255 g/mol. The average Bonchev–Trinajstić information content (AvgIpc) is 2.74. The van der Waals surface area contributed by atoms with E-state index < -0.39 is 0 Å². The van der Waals surface area contributed by atoms with Crippen molar-refractivity contribution < 1.29 is 0 Å². The second kappa shape index (κ2) is 4.70.